The van der Waals surface area contributed by atoms with Crippen molar-refractivity contribution in [2.75, 3.05) is 46.2 Å². The van der Waals surface area contributed by atoms with Crippen LogP contribution in [0.2, 0.25) is 0 Å². The van der Waals surface area contributed by atoms with Gasteiger partial charge >= 0.3 is 0 Å². The van der Waals surface area contributed by atoms with Crippen molar-refractivity contribution in [3.8, 4) is 11.5 Å². The SMILES string of the molecule is COc1cc(NC(=O)CN(C)C(=O)C2CNC2)cc(OC)c1.Cl. The van der Waals surface area contributed by atoms with Gasteiger partial charge in [0.2, 0.25) is 11.8 Å². The van der Waals surface area contributed by atoms with E-state index in [1.807, 2.05) is 0 Å². The van der Waals surface area contributed by atoms with E-state index in [4.69, 9.17) is 9.47 Å². The number of amides is 2. The number of methoxy groups -OCH3 is 2. The summed E-state index contributed by atoms with van der Waals surface area (Å²) in [7, 11) is 4.71. The average Bonchev–Trinajstić information content (AvgIpc) is 2.44. The largest absolute Gasteiger partial charge is 0.497 e. The molecule has 7 nitrogen and oxygen atoms in total. The van der Waals surface area contributed by atoms with Crippen molar-refractivity contribution < 1.29 is 19.1 Å². The highest BCUT2D eigenvalue weighted by Crippen LogP contribution is 2.25. The van der Waals surface area contributed by atoms with Gasteiger partial charge in [0.25, 0.3) is 0 Å². The molecule has 2 amide bonds. The predicted molar refractivity (Wildman–Crippen MR) is 89.4 cm³/mol. The van der Waals surface area contributed by atoms with E-state index in [0.29, 0.717) is 30.3 Å². The Morgan fingerprint density at radius 1 is 1.22 bits per heavy atom. The van der Waals surface area contributed by atoms with Crippen molar-refractivity contribution in [2.45, 2.75) is 0 Å². The van der Waals surface area contributed by atoms with Gasteiger partial charge in [0.05, 0.1) is 26.7 Å². The fourth-order valence-corrected chi connectivity index (χ4v) is 2.15. The van der Waals surface area contributed by atoms with E-state index in [1.54, 1.807) is 39.5 Å². The van der Waals surface area contributed by atoms with E-state index in [0.717, 1.165) is 0 Å². The molecule has 0 unspecified atom stereocenters. The minimum Gasteiger partial charge on any atom is -0.497 e. The third-order valence-corrected chi connectivity index (χ3v) is 3.52. The lowest BCUT2D eigenvalue weighted by Gasteiger charge is -2.29. The first kappa shape index (κ1) is 19.1. The van der Waals surface area contributed by atoms with Crippen molar-refractivity contribution >= 4 is 29.9 Å². The van der Waals surface area contributed by atoms with Crippen molar-refractivity contribution in [2.24, 2.45) is 5.92 Å². The van der Waals surface area contributed by atoms with Crippen LogP contribution >= 0.6 is 12.4 Å². The lowest BCUT2D eigenvalue weighted by molar-refractivity contribution is -0.138. The van der Waals surface area contributed by atoms with Crippen molar-refractivity contribution in [3.63, 3.8) is 0 Å². The first-order valence-electron chi connectivity index (χ1n) is 7.02. The minimum absolute atomic E-state index is 0. The Kier molecular flexibility index (Phi) is 7.12. The zero-order valence-electron chi connectivity index (χ0n) is 13.4. The monoisotopic (exact) mass is 343 g/mol. The first-order chi connectivity index (χ1) is 10.5. The number of rotatable bonds is 6. The molecule has 2 rings (SSSR count). The third-order valence-electron chi connectivity index (χ3n) is 3.52. The minimum atomic E-state index is -0.265. The number of hydrogen-bond donors (Lipinski definition) is 2. The molecule has 1 aromatic carbocycles. The van der Waals surface area contributed by atoms with Gasteiger partial charge < -0.3 is 25.0 Å². The number of nitrogens with one attached hydrogen (secondary N) is 2. The highest BCUT2D eigenvalue weighted by molar-refractivity contribution is 5.95. The molecule has 0 spiro atoms. The Morgan fingerprint density at radius 3 is 2.22 bits per heavy atom. The number of anilines is 1. The molecule has 1 saturated heterocycles. The second kappa shape index (κ2) is 8.59. The van der Waals surface area contributed by atoms with Crippen LogP contribution in [0.1, 0.15) is 0 Å². The molecular weight excluding hydrogens is 322 g/mol. The van der Waals surface area contributed by atoms with Crippen LogP contribution in [-0.2, 0) is 9.59 Å². The van der Waals surface area contributed by atoms with Gasteiger partial charge in [0.15, 0.2) is 0 Å². The summed E-state index contributed by atoms with van der Waals surface area (Å²) >= 11 is 0. The molecular formula is C15H22ClN3O4. The highest BCUT2D eigenvalue weighted by atomic mass is 35.5. The number of ether oxygens (including phenoxy) is 2. The number of carbonyl (C=O) groups is 2. The molecule has 0 aliphatic carbocycles. The second-order valence-electron chi connectivity index (χ2n) is 5.20. The van der Waals surface area contributed by atoms with E-state index in [2.05, 4.69) is 10.6 Å². The Labute approximate surface area is 141 Å². The molecule has 0 radical (unpaired) electrons. The molecule has 1 aromatic rings. The summed E-state index contributed by atoms with van der Waals surface area (Å²) < 4.78 is 10.3. The molecule has 0 saturated carbocycles. The number of halogens is 1. The van der Waals surface area contributed by atoms with Crippen LogP contribution in [0.3, 0.4) is 0 Å². The topological polar surface area (TPSA) is 79.9 Å². The summed E-state index contributed by atoms with van der Waals surface area (Å²) in [6, 6.07) is 5.10. The standard InChI is InChI=1S/C15H21N3O4.ClH/c1-18(15(20)10-7-16-8-10)9-14(19)17-11-4-12(21-2)6-13(5-11)22-3;/h4-6,10,16H,7-9H2,1-3H3,(H,17,19);1H. The molecule has 1 aliphatic heterocycles. The van der Waals surface area contributed by atoms with E-state index in [1.165, 1.54) is 4.90 Å². The fourth-order valence-electron chi connectivity index (χ4n) is 2.15. The number of hydrogen-bond acceptors (Lipinski definition) is 5. The van der Waals surface area contributed by atoms with Crippen molar-refractivity contribution in [1.82, 2.24) is 10.2 Å². The highest BCUT2D eigenvalue weighted by Gasteiger charge is 2.28. The van der Waals surface area contributed by atoms with Gasteiger partial charge in [-0.1, -0.05) is 0 Å². The van der Waals surface area contributed by atoms with E-state index in [9.17, 15) is 9.59 Å². The summed E-state index contributed by atoms with van der Waals surface area (Å²) in [5.41, 5.74) is 0.562. The van der Waals surface area contributed by atoms with Gasteiger partial charge in [0, 0.05) is 44.0 Å². The molecule has 1 heterocycles. The Bertz CT molecular complexity index is 541. The molecule has 0 bridgehead atoms. The summed E-state index contributed by atoms with van der Waals surface area (Å²) in [6.45, 7) is 1.37. The fraction of sp³-hybridized carbons (Fsp3) is 0.467. The Morgan fingerprint density at radius 2 is 1.78 bits per heavy atom. The van der Waals surface area contributed by atoms with Crippen LogP contribution in [0.15, 0.2) is 18.2 Å². The molecule has 8 heteroatoms. The summed E-state index contributed by atoms with van der Waals surface area (Å²) in [5, 5.41) is 5.78. The maximum absolute atomic E-state index is 12.1. The average molecular weight is 344 g/mol. The van der Waals surface area contributed by atoms with Gasteiger partial charge in [0.1, 0.15) is 11.5 Å². The van der Waals surface area contributed by atoms with Crippen LogP contribution in [-0.4, -0.2) is 57.6 Å². The molecule has 0 aromatic heterocycles. The molecule has 1 aliphatic rings. The molecule has 23 heavy (non-hydrogen) atoms. The second-order valence-corrected chi connectivity index (χ2v) is 5.20. The van der Waals surface area contributed by atoms with Gasteiger partial charge in [-0.2, -0.15) is 0 Å². The lowest BCUT2D eigenvalue weighted by Crippen LogP contribution is -2.52. The summed E-state index contributed by atoms with van der Waals surface area (Å²) in [5.74, 6) is 0.865. The summed E-state index contributed by atoms with van der Waals surface area (Å²) in [6.07, 6.45) is 0. The van der Waals surface area contributed by atoms with Crippen LogP contribution < -0.4 is 20.1 Å². The smallest absolute Gasteiger partial charge is 0.243 e. The zero-order chi connectivity index (χ0) is 16.1. The van der Waals surface area contributed by atoms with Crippen LogP contribution in [0, 0.1) is 5.92 Å². The summed E-state index contributed by atoms with van der Waals surface area (Å²) in [4.78, 5) is 25.5. The Hall–Kier alpha value is -1.99. The third kappa shape index (κ3) is 5.01. The lowest BCUT2D eigenvalue weighted by atomic mass is 10.0. The van der Waals surface area contributed by atoms with Gasteiger partial charge in [-0.25, -0.2) is 0 Å². The molecule has 1 fully saturated rings. The normalized spacial score (nSPS) is 13.3. The molecule has 2 N–H and O–H groups in total. The maximum atomic E-state index is 12.1. The van der Waals surface area contributed by atoms with E-state index < -0.39 is 0 Å². The predicted octanol–water partition coefficient (Wildman–Crippen LogP) is 0.742. The Balaban J connectivity index is 0.00000264. The maximum Gasteiger partial charge on any atom is 0.243 e. The van der Waals surface area contributed by atoms with Crippen LogP contribution in [0.5, 0.6) is 11.5 Å². The van der Waals surface area contributed by atoms with Crippen molar-refractivity contribution in [1.29, 1.82) is 0 Å². The number of likely N-dealkylation sites (N-methyl/N-ethyl adjacent to an activating group) is 1. The first-order valence-corrected chi connectivity index (χ1v) is 7.02. The quantitative estimate of drug-likeness (QED) is 0.796. The van der Waals surface area contributed by atoms with Crippen LogP contribution in [0.4, 0.5) is 5.69 Å². The zero-order valence-corrected chi connectivity index (χ0v) is 14.2. The van der Waals surface area contributed by atoms with E-state index >= 15 is 0 Å². The number of benzene rings is 1. The molecule has 128 valence electrons. The van der Waals surface area contributed by atoms with Crippen LogP contribution in [0.25, 0.3) is 0 Å². The van der Waals surface area contributed by atoms with E-state index in [-0.39, 0.29) is 36.7 Å². The number of nitrogens with zero attached hydrogens (tertiary/aromatic N) is 1. The number of carbonyl (C=O) groups excluding carboxylic acids is 2. The molecule has 0 atom stereocenters. The van der Waals surface area contributed by atoms with Gasteiger partial charge in [-0.05, 0) is 0 Å². The van der Waals surface area contributed by atoms with Gasteiger partial charge in [-0.15, -0.1) is 12.4 Å². The van der Waals surface area contributed by atoms with Crippen molar-refractivity contribution in [3.05, 3.63) is 18.2 Å². The van der Waals surface area contributed by atoms with Gasteiger partial charge in [-0.3, -0.25) is 9.59 Å².